The zero-order valence-corrected chi connectivity index (χ0v) is 19.6. The molecule has 0 spiro atoms. The molecule has 1 aromatic carbocycles. The van der Waals surface area contributed by atoms with Gasteiger partial charge in [-0.05, 0) is 67.3 Å². The van der Waals surface area contributed by atoms with Crippen LogP contribution in [0.3, 0.4) is 0 Å². The zero-order chi connectivity index (χ0) is 22.5. The number of benzene rings is 1. The van der Waals surface area contributed by atoms with Crippen molar-refractivity contribution in [3.8, 4) is 0 Å². The number of rotatable bonds is 4. The summed E-state index contributed by atoms with van der Waals surface area (Å²) in [4.78, 5) is 33.0. The van der Waals surface area contributed by atoms with Crippen LogP contribution in [-0.4, -0.2) is 29.8 Å². The first kappa shape index (κ1) is 21.7. The van der Waals surface area contributed by atoms with Gasteiger partial charge >= 0.3 is 0 Å². The minimum atomic E-state index is -0.0824. The molecular weight excluding hydrogens is 400 g/mol. The maximum absolute atomic E-state index is 13.1. The highest BCUT2D eigenvalue weighted by Crippen LogP contribution is 2.64. The predicted octanol–water partition coefficient (Wildman–Crippen LogP) is 4.63. The van der Waals surface area contributed by atoms with Gasteiger partial charge in [0.25, 0.3) is 5.91 Å². The van der Waals surface area contributed by atoms with Gasteiger partial charge in [0.1, 0.15) is 0 Å². The molecule has 5 heteroatoms. The summed E-state index contributed by atoms with van der Waals surface area (Å²) in [6.45, 7) is 5.11. The van der Waals surface area contributed by atoms with Gasteiger partial charge in [-0.3, -0.25) is 14.4 Å². The number of carbonyl (C=O) groups is 2. The van der Waals surface area contributed by atoms with Crippen molar-refractivity contribution in [2.75, 3.05) is 7.05 Å². The Balaban J connectivity index is 1.27. The summed E-state index contributed by atoms with van der Waals surface area (Å²) in [5.41, 5.74) is 4.79. The molecule has 2 saturated carbocycles. The molecule has 3 aliphatic carbocycles. The van der Waals surface area contributed by atoms with Crippen LogP contribution in [0.5, 0.6) is 0 Å². The van der Waals surface area contributed by atoms with Crippen molar-refractivity contribution in [3.63, 3.8) is 0 Å². The van der Waals surface area contributed by atoms with Crippen LogP contribution in [0.4, 0.5) is 0 Å². The Kier molecular flexibility index (Phi) is 5.43. The van der Waals surface area contributed by atoms with Gasteiger partial charge in [-0.1, -0.05) is 50.3 Å². The van der Waals surface area contributed by atoms with Crippen LogP contribution in [0.25, 0.3) is 0 Å². The lowest BCUT2D eigenvalue weighted by atomic mass is 9.47. The average molecular weight is 437 g/mol. The van der Waals surface area contributed by atoms with E-state index in [9.17, 15) is 9.59 Å². The lowest BCUT2D eigenvalue weighted by molar-refractivity contribution is -0.157. The molecule has 1 aromatic rings. The Bertz CT molecular complexity index is 928. The fourth-order valence-electron chi connectivity index (χ4n) is 7.88. The number of amides is 2. The summed E-state index contributed by atoms with van der Waals surface area (Å²) in [5.74, 6) is 2.01. The second-order valence-electron chi connectivity index (χ2n) is 11.0. The minimum absolute atomic E-state index is 0.0766. The van der Waals surface area contributed by atoms with Gasteiger partial charge in [-0.15, -0.1) is 0 Å². The number of nitrogens with one attached hydrogen (secondary N) is 1. The number of carbonyl (C=O) groups excluding carboxylic acids is 2. The van der Waals surface area contributed by atoms with Gasteiger partial charge in [0.15, 0.2) is 0 Å². The second-order valence-corrected chi connectivity index (χ2v) is 11.0. The first-order valence-corrected chi connectivity index (χ1v) is 12.3. The zero-order valence-electron chi connectivity index (χ0n) is 19.6. The van der Waals surface area contributed by atoms with Crippen LogP contribution in [0.15, 0.2) is 42.0 Å². The summed E-state index contributed by atoms with van der Waals surface area (Å²) in [5, 5.41) is 0. The molecule has 172 valence electrons. The predicted molar refractivity (Wildman–Crippen MR) is 123 cm³/mol. The fraction of sp³-hybridized carbons (Fsp3) is 0.630. The molecule has 6 atom stereocenters. The number of hydrogen-bond acceptors (Lipinski definition) is 3. The van der Waals surface area contributed by atoms with Crippen molar-refractivity contribution in [2.24, 2.45) is 28.6 Å². The number of nitrogens with zero attached hydrogens (tertiary/aromatic N) is 1. The van der Waals surface area contributed by atoms with Crippen molar-refractivity contribution >= 4 is 11.8 Å². The highest BCUT2D eigenvalue weighted by atomic mass is 16.6. The van der Waals surface area contributed by atoms with E-state index in [-0.39, 0.29) is 16.7 Å². The smallest absolute Gasteiger partial charge is 0.271 e. The number of hydrogen-bond donors (Lipinski definition) is 1. The highest BCUT2D eigenvalue weighted by Gasteiger charge is 2.60. The van der Waals surface area contributed by atoms with E-state index in [1.807, 2.05) is 42.3 Å². The maximum atomic E-state index is 13.1. The van der Waals surface area contributed by atoms with Crippen molar-refractivity contribution in [1.82, 2.24) is 10.4 Å². The van der Waals surface area contributed by atoms with Gasteiger partial charge in [-0.25, -0.2) is 5.48 Å². The number of hydroxylamine groups is 1. The molecule has 1 unspecified atom stereocenters. The summed E-state index contributed by atoms with van der Waals surface area (Å²) >= 11 is 0. The molecule has 1 saturated heterocycles. The number of fused-ring (bicyclic) bond motifs is 5. The third-order valence-electron chi connectivity index (χ3n) is 9.63. The number of allylic oxidation sites excluding steroid dienone is 1. The summed E-state index contributed by atoms with van der Waals surface area (Å²) in [7, 11) is 2.01. The van der Waals surface area contributed by atoms with E-state index in [2.05, 4.69) is 25.4 Å². The van der Waals surface area contributed by atoms with Crippen LogP contribution in [0, 0.1) is 28.6 Å². The van der Waals surface area contributed by atoms with Crippen molar-refractivity contribution in [3.05, 3.63) is 47.5 Å². The molecule has 2 amide bonds. The Morgan fingerprint density at radius 3 is 2.69 bits per heavy atom. The van der Waals surface area contributed by atoms with Crippen LogP contribution < -0.4 is 5.48 Å². The first-order chi connectivity index (χ1) is 15.3. The van der Waals surface area contributed by atoms with Crippen LogP contribution >= 0.6 is 0 Å². The molecule has 3 fully saturated rings. The second kappa shape index (κ2) is 8.02. The topological polar surface area (TPSA) is 58.6 Å². The van der Waals surface area contributed by atoms with Crippen LogP contribution in [0.2, 0.25) is 0 Å². The van der Waals surface area contributed by atoms with Gasteiger partial charge in [-0.2, -0.15) is 0 Å². The normalized spacial score (nSPS) is 38.4. The van der Waals surface area contributed by atoms with Gasteiger partial charge in [0.2, 0.25) is 5.91 Å². The molecule has 0 aromatic heterocycles. The molecule has 0 bridgehead atoms. The Morgan fingerprint density at radius 1 is 1.12 bits per heavy atom. The molecule has 0 radical (unpaired) electrons. The number of likely N-dealkylation sites (tertiary alicyclic amines) is 1. The van der Waals surface area contributed by atoms with Gasteiger partial charge in [0, 0.05) is 30.5 Å². The van der Waals surface area contributed by atoms with Crippen molar-refractivity contribution < 1.29 is 14.4 Å². The van der Waals surface area contributed by atoms with Crippen LogP contribution in [0.1, 0.15) is 64.4 Å². The van der Waals surface area contributed by atoms with Gasteiger partial charge < -0.3 is 4.90 Å². The average Bonchev–Trinajstić information content (AvgIpc) is 3.15. The molecule has 4 aliphatic rings. The molecule has 1 N–H and O–H groups in total. The van der Waals surface area contributed by atoms with E-state index >= 15 is 0 Å². The highest BCUT2D eigenvalue weighted by molar-refractivity contribution is 5.94. The van der Waals surface area contributed by atoms with E-state index in [4.69, 9.17) is 4.84 Å². The molecule has 5 nitrogen and oxygen atoms in total. The molecular formula is C27H36N2O3. The van der Waals surface area contributed by atoms with E-state index in [1.54, 1.807) is 0 Å². The Hall–Kier alpha value is -2.14. The Morgan fingerprint density at radius 2 is 1.91 bits per heavy atom. The third-order valence-corrected chi connectivity index (χ3v) is 9.63. The largest absolute Gasteiger partial charge is 0.342 e. The lowest BCUT2D eigenvalue weighted by Crippen LogP contribution is -2.61. The van der Waals surface area contributed by atoms with Crippen molar-refractivity contribution in [1.29, 1.82) is 0 Å². The van der Waals surface area contributed by atoms with E-state index in [0.29, 0.717) is 42.7 Å². The molecule has 32 heavy (non-hydrogen) atoms. The summed E-state index contributed by atoms with van der Waals surface area (Å²) in [6.07, 6.45) is 9.29. The minimum Gasteiger partial charge on any atom is -0.342 e. The quantitative estimate of drug-likeness (QED) is 0.700. The van der Waals surface area contributed by atoms with Crippen LogP contribution in [-0.2, 0) is 21.0 Å². The Labute approximate surface area is 191 Å². The molecule has 1 aliphatic heterocycles. The summed E-state index contributed by atoms with van der Waals surface area (Å²) < 4.78 is 0. The monoisotopic (exact) mass is 436 g/mol. The lowest BCUT2D eigenvalue weighted by Gasteiger charge is -2.61. The molecule has 5 rings (SSSR count). The summed E-state index contributed by atoms with van der Waals surface area (Å²) in [6, 6.07) is 10.3. The SMILES string of the molecule is CN1C(=O)CC[C@@]2(C)C1CC[C@@H]1[C@@H]2CC[C@]2(C)C(C(=O)NOCc3ccccc3)=CC[C@@H]12. The van der Waals surface area contributed by atoms with Gasteiger partial charge in [0.05, 0.1) is 6.61 Å². The molecule has 1 heterocycles. The van der Waals surface area contributed by atoms with Crippen molar-refractivity contribution in [2.45, 2.75) is 71.4 Å². The van der Waals surface area contributed by atoms with E-state index in [0.717, 1.165) is 49.7 Å². The van der Waals surface area contributed by atoms with E-state index in [1.165, 1.54) is 0 Å². The van der Waals surface area contributed by atoms with E-state index < -0.39 is 0 Å². The maximum Gasteiger partial charge on any atom is 0.271 e. The fourth-order valence-corrected chi connectivity index (χ4v) is 7.88. The third kappa shape index (κ3) is 3.32. The standard InChI is InChI=1S/C27H36N2O3/c1-26-15-13-21-19(9-12-23-27(21,2)16-14-24(30)29(23)3)20(26)10-11-22(26)25(31)28-32-17-18-7-5-4-6-8-18/h4-8,11,19-21,23H,9-10,12-17H2,1-3H3,(H,28,31)/t19-,20-,21-,23?,26-,27+/m0/s1. The first-order valence-electron chi connectivity index (χ1n) is 12.3. The number of piperidine rings is 1.